The van der Waals surface area contributed by atoms with E-state index in [1.54, 1.807) is 13.1 Å². The number of hydrogen-bond donors (Lipinski definition) is 2. The van der Waals surface area contributed by atoms with Crippen molar-refractivity contribution in [1.29, 1.82) is 0 Å². The van der Waals surface area contributed by atoms with Crippen LogP contribution in [0.2, 0.25) is 0 Å². The summed E-state index contributed by atoms with van der Waals surface area (Å²) in [4.78, 5) is 4.29. The first-order chi connectivity index (χ1) is 9.58. The van der Waals surface area contributed by atoms with Crippen molar-refractivity contribution in [3.05, 3.63) is 48.6 Å². The molecule has 4 nitrogen and oxygen atoms in total. The van der Waals surface area contributed by atoms with Crippen LogP contribution >= 0.6 is 0 Å². The molecule has 20 heavy (non-hydrogen) atoms. The molecular weight excluding hydrogens is 250 g/mol. The fraction of sp³-hybridized carbons (Fsp3) is 0.312. The van der Waals surface area contributed by atoms with Crippen molar-refractivity contribution in [2.24, 2.45) is 4.99 Å². The smallest absolute Gasteiger partial charge is 0.0812 e. The first-order valence-electron chi connectivity index (χ1n) is 6.60. The van der Waals surface area contributed by atoms with E-state index < -0.39 is 0 Å². The van der Waals surface area contributed by atoms with Gasteiger partial charge in [0.15, 0.2) is 0 Å². The number of allylic oxidation sites excluding steroid dienone is 3. The molecular formula is C16H21N3O. The van der Waals surface area contributed by atoms with Gasteiger partial charge in [0.2, 0.25) is 0 Å². The van der Waals surface area contributed by atoms with Crippen molar-refractivity contribution in [2.75, 3.05) is 31.3 Å². The molecule has 0 saturated carbocycles. The normalized spacial score (nSPS) is 17.8. The van der Waals surface area contributed by atoms with Gasteiger partial charge in [-0.05, 0) is 25.1 Å². The summed E-state index contributed by atoms with van der Waals surface area (Å²) in [5.74, 6) is 0. The zero-order valence-electron chi connectivity index (χ0n) is 12.0. The van der Waals surface area contributed by atoms with E-state index in [2.05, 4.69) is 23.8 Å². The Kier molecular flexibility index (Phi) is 4.25. The van der Waals surface area contributed by atoms with Crippen molar-refractivity contribution < 1.29 is 4.74 Å². The van der Waals surface area contributed by atoms with Crippen LogP contribution in [0.25, 0.3) is 0 Å². The summed E-state index contributed by atoms with van der Waals surface area (Å²) >= 11 is 0. The molecule has 1 fully saturated rings. The third-order valence-electron chi connectivity index (χ3n) is 3.26. The number of nitrogens with two attached hydrogens (primary N) is 1. The minimum Gasteiger partial charge on any atom is -0.397 e. The van der Waals surface area contributed by atoms with Gasteiger partial charge in [-0.2, -0.15) is 0 Å². The Bertz CT molecular complexity index is 557. The second-order valence-corrected chi connectivity index (χ2v) is 5.18. The van der Waals surface area contributed by atoms with E-state index in [1.165, 1.54) is 0 Å². The van der Waals surface area contributed by atoms with E-state index >= 15 is 0 Å². The number of ether oxygens (including phenoxy) is 1. The Morgan fingerprint density at radius 3 is 2.80 bits per heavy atom. The zero-order chi connectivity index (χ0) is 14.6. The van der Waals surface area contributed by atoms with Gasteiger partial charge in [0, 0.05) is 12.6 Å². The molecule has 0 amide bonds. The molecule has 3 N–H and O–H groups in total. The Morgan fingerprint density at radius 1 is 1.50 bits per heavy atom. The van der Waals surface area contributed by atoms with Crippen LogP contribution in [0.5, 0.6) is 0 Å². The van der Waals surface area contributed by atoms with Crippen LogP contribution in [-0.2, 0) is 4.74 Å². The molecule has 1 aromatic carbocycles. The van der Waals surface area contributed by atoms with E-state index in [0.29, 0.717) is 13.2 Å². The molecule has 1 aliphatic heterocycles. The van der Waals surface area contributed by atoms with Crippen LogP contribution in [0.15, 0.2) is 48.0 Å². The number of anilines is 2. The van der Waals surface area contributed by atoms with E-state index in [9.17, 15) is 0 Å². The molecule has 1 aromatic rings. The van der Waals surface area contributed by atoms with Crippen LogP contribution < -0.4 is 11.1 Å². The first kappa shape index (κ1) is 14.3. The summed E-state index contributed by atoms with van der Waals surface area (Å²) in [7, 11) is 1.77. The zero-order valence-corrected chi connectivity index (χ0v) is 12.0. The van der Waals surface area contributed by atoms with Crippen LogP contribution in [0.4, 0.5) is 11.4 Å². The minimum atomic E-state index is -0.0345. The molecule has 0 unspecified atom stereocenters. The molecule has 0 spiro atoms. The molecule has 0 bridgehead atoms. The third kappa shape index (κ3) is 3.08. The lowest BCUT2D eigenvalue weighted by Crippen LogP contribution is -2.53. The van der Waals surface area contributed by atoms with Crippen molar-refractivity contribution >= 4 is 17.1 Å². The lowest BCUT2D eigenvalue weighted by atomic mass is 9.99. The molecule has 0 aliphatic carbocycles. The second kappa shape index (κ2) is 5.92. The summed E-state index contributed by atoms with van der Waals surface area (Å²) in [5, 5.41) is 3.45. The summed E-state index contributed by atoms with van der Waals surface area (Å²) in [6, 6.07) is 5.89. The van der Waals surface area contributed by atoms with Gasteiger partial charge < -0.3 is 15.8 Å². The molecule has 106 valence electrons. The monoisotopic (exact) mass is 271 g/mol. The molecule has 1 aliphatic rings. The maximum absolute atomic E-state index is 6.04. The van der Waals surface area contributed by atoms with Crippen LogP contribution in [0.1, 0.15) is 12.5 Å². The van der Waals surface area contributed by atoms with Crippen molar-refractivity contribution in [1.82, 2.24) is 0 Å². The average molecular weight is 271 g/mol. The number of hydrogen-bond acceptors (Lipinski definition) is 4. The largest absolute Gasteiger partial charge is 0.397 e. The molecule has 4 heteroatoms. The van der Waals surface area contributed by atoms with Gasteiger partial charge >= 0.3 is 0 Å². The van der Waals surface area contributed by atoms with Crippen LogP contribution in [0.3, 0.4) is 0 Å². The highest BCUT2D eigenvalue weighted by Crippen LogP contribution is 2.28. The highest BCUT2D eigenvalue weighted by molar-refractivity contribution is 6.09. The first-order valence-corrected chi connectivity index (χ1v) is 6.60. The highest BCUT2D eigenvalue weighted by Gasteiger charge is 2.33. The number of nitrogens with one attached hydrogen (secondary N) is 1. The summed E-state index contributed by atoms with van der Waals surface area (Å²) in [5.41, 5.74) is 9.56. The minimum absolute atomic E-state index is 0.0345. The Balaban J connectivity index is 2.27. The lowest BCUT2D eigenvalue weighted by molar-refractivity contribution is -0.0318. The number of nitrogens with zero attached hydrogens (tertiary/aromatic N) is 1. The van der Waals surface area contributed by atoms with Crippen LogP contribution in [0, 0.1) is 0 Å². The van der Waals surface area contributed by atoms with Crippen molar-refractivity contribution in [3.8, 4) is 0 Å². The topological polar surface area (TPSA) is 59.6 Å². The fourth-order valence-electron chi connectivity index (χ4n) is 2.09. The number of nitrogen functional groups attached to an aromatic ring is 1. The summed E-state index contributed by atoms with van der Waals surface area (Å²) in [6.07, 6.45) is 5.53. The van der Waals surface area contributed by atoms with E-state index in [-0.39, 0.29) is 5.54 Å². The molecule has 1 heterocycles. The number of rotatable bonds is 5. The van der Waals surface area contributed by atoms with Gasteiger partial charge in [0.1, 0.15) is 0 Å². The maximum Gasteiger partial charge on any atom is 0.0812 e. The summed E-state index contributed by atoms with van der Waals surface area (Å²) < 4.78 is 5.25. The molecule has 0 aromatic heterocycles. The van der Waals surface area contributed by atoms with Gasteiger partial charge in [-0.1, -0.05) is 24.8 Å². The second-order valence-electron chi connectivity index (χ2n) is 5.18. The Morgan fingerprint density at radius 2 is 2.25 bits per heavy atom. The SMILES string of the molecule is C=C/C=C\C(=NC)c1ccc(N)c(NC2(C)COC2)c1. The van der Waals surface area contributed by atoms with E-state index in [0.717, 1.165) is 22.6 Å². The third-order valence-corrected chi connectivity index (χ3v) is 3.26. The maximum atomic E-state index is 6.04. The van der Waals surface area contributed by atoms with Gasteiger partial charge in [0.05, 0.1) is 35.8 Å². The Labute approximate surface area is 120 Å². The Hall–Kier alpha value is -2.07. The number of benzene rings is 1. The van der Waals surface area contributed by atoms with Crippen LogP contribution in [-0.4, -0.2) is 31.5 Å². The quantitative estimate of drug-likeness (QED) is 0.491. The fourth-order valence-corrected chi connectivity index (χ4v) is 2.09. The van der Waals surface area contributed by atoms with Gasteiger partial charge in [0.25, 0.3) is 0 Å². The molecule has 2 rings (SSSR count). The number of aliphatic imine (C=N–C) groups is 1. The van der Waals surface area contributed by atoms with Crippen molar-refractivity contribution in [3.63, 3.8) is 0 Å². The average Bonchev–Trinajstić information content (AvgIpc) is 2.41. The molecule has 0 radical (unpaired) electrons. The molecule has 1 saturated heterocycles. The summed E-state index contributed by atoms with van der Waals surface area (Å²) in [6.45, 7) is 7.18. The predicted molar refractivity (Wildman–Crippen MR) is 85.5 cm³/mol. The van der Waals surface area contributed by atoms with E-state index in [1.807, 2.05) is 30.4 Å². The van der Waals surface area contributed by atoms with E-state index in [4.69, 9.17) is 10.5 Å². The van der Waals surface area contributed by atoms with Gasteiger partial charge in [-0.25, -0.2) is 0 Å². The molecule has 0 atom stereocenters. The lowest BCUT2D eigenvalue weighted by Gasteiger charge is -2.40. The van der Waals surface area contributed by atoms with Crippen molar-refractivity contribution in [2.45, 2.75) is 12.5 Å². The standard InChI is InChI=1S/C16H21N3O/c1-4-5-6-14(18-3)12-7-8-13(17)15(9-12)19-16(2)10-20-11-16/h4-9,19H,1,10-11,17H2,2-3H3/b6-5-,18-14?. The van der Waals surface area contributed by atoms with Gasteiger partial charge in [-0.3, -0.25) is 4.99 Å². The highest BCUT2D eigenvalue weighted by atomic mass is 16.5. The van der Waals surface area contributed by atoms with Gasteiger partial charge in [-0.15, -0.1) is 0 Å². The predicted octanol–water partition coefficient (Wildman–Crippen LogP) is 2.63.